The second-order valence-electron chi connectivity index (χ2n) is 5.22. The predicted octanol–water partition coefficient (Wildman–Crippen LogP) is 2.45. The van der Waals surface area contributed by atoms with Gasteiger partial charge in [0.15, 0.2) is 5.58 Å². The van der Waals surface area contributed by atoms with E-state index < -0.39 is 29.7 Å². The lowest BCUT2D eigenvalue weighted by Gasteiger charge is -2.14. The summed E-state index contributed by atoms with van der Waals surface area (Å²) in [6, 6.07) is 4.41. The summed E-state index contributed by atoms with van der Waals surface area (Å²) in [5.74, 6) is 0.126. The molecule has 3 rings (SSSR count). The van der Waals surface area contributed by atoms with E-state index in [1.807, 2.05) is 0 Å². The number of rotatable bonds is 2. The van der Waals surface area contributed by atoms with Crippen LogP contribution < -0.4 is 11.2 Å². The molecule has 0 amide bonds. The Balaban J connectivity index is 2.39. The van der Waals surface area contributed by atoms with Crippen molar-refractivity contribution in [2.75, 3.05) is 0 Å². The van der Waals surface area contributed by atoms with Crippen LogP contribution in [0.15, 0.2) is 38.3 Å². The number of nitrogens with zero attached hydrogens (tertiary/aromatic N) is 2. The molecular formula is C15H10ClF3N2O4. The van der Waals surface area contributed by atoms with Gasteiger partial charge in [0.25, 0.3) is 5.56 Å². The highest BCUT2D eigenvalue weighted by atomic mass is 35.5. The van der Waals surface area contributed by atoms with Gasteiger partial charge in [0.05, 0.1) is 10.7 Å². The van der Waals surface area contributed by atoms with Gasteiger partial charge in [-0.2, -0.15) is 13.2 Å². The topological polar surface area (TPSA) is 77.4 Å². The molecule has 0 bridgehead atoms. The van der Waals surface area contributed by atoms with E-state index in [-0.39, 0.29) is 22.1 Å². The molecule has 25 heavy (non-hydrogen) atoms. The van der Waals surface area contributed by atoms with Gasteiger partial charge in [0, 0.05) is 18.5 Å². The standard InChI is InChI=1S/C15H10ClF3N2O4/c1-20-11(15(17,18)19)5-12(23)21(14(20)24)10-3-2-9(16)8-4-7(6-22)25-13(8)10/h2-5,22H,6H2,1H3. The molecule has 132 valence electrons. The molecule has 0 saturated heterocycles. The van der Waals surface area contributed by atoms with Gasteiger partial charge in [-0.1, -0.05) is 11.6 Å². The SMILES string of the molecule is Cn1c(C(F)(F)F)cc(=O)n(-c2ccc(Cl)c3cc(CO)oc23)c1=O. The smallest absolute Gasteiger partial charge is 0.431 e. The molecule has 2 heterocycles. The van der Waals surface area contributed by atoms with Crippen LogP contribution in [0.4, 0.5) is 13.2 Å². The molecule has 1 N–H and O–H groups in total. The van der Waals surface area contributed by atoms with Crippen LogP contribution in [0.25, 0.3) is 16.7 Å². The van der Waals surface area contributed by atoms with Crippen molar-refractivity contribution in [2.45, 2.75) is 12.8 Å². The zero-order valence-corrected chi connectivity index (χ0v) is 13.4. The van der Waals surface area contributed by atoms with E-state index in [0.717, 1.165) is 7.05 Å². The molecule has 0 saturated carbocycles. The summed E-state index contributed by atoms with van der Waals surface area (Å²) < 4.78 is 45.0. The van der Waals surface area contributed by atoms with Gasteiger partial charge in [0.1, 0.15) is 18.1 Å². The summed E-state index contributed by atoms with van der Waals surface area (Å²) in [5.41, 5.74) is -3.78. The van der Waals surface area contributed by atoms with Gasteiger partial charge < -0.3 is 9.52 Å². The molecule has 6 nitrogen and oxygen atoms in total. The first-order valence-corrected chi connectivity index (χ1v) is 7.25. The third-order valence-electron chi connectivity index (χ3n) is 3.67. The third-order valence-corrected chi connectivity index (χ3v) is 4.00. The largest absolute Gasteiger partial charge is 0.456 e. The lowest BCUT2D eigenvalue weighted by atomic mass is 10.2. The van der Waals surface area contributed by atoms with E-state index in [1.54, 1.807) is 0 Å². The van der Waals surface area contributed by atoms with E-state index in [1.165, 1.54) is 18.2 Å². The number of aliphatic hydroxyl groups excluding tert-OH is 1. The molecule has 3 aromatic rings. The Morgan fingerprint density at radius 2 is 1.92 bits per heavy atom. The second kappa shape index (κ2) is 5.78. The Morgan fingerprint density at radius 1 is 1.24 bits per heavy atom. The van der Waals surface area contributed by atoms with Crippen molar-refractivity contribution in [3.63, 3.8) is 0 Å². The van der Waals surface area contributed by atoms with Gasteiger partial charge in [0.2, 0.25) is 0 Å². The number of benzene rings is 1. The van der Waals surface area contributed by atoms with Crippen LogP contribution in [0.1, 0.15) is 11.5 Å². The maximum absolute atomic E-state index is 12.9. The Labute approximate surface area is 142 Å². The molecule has 0 atom stereocenters. The number of hydrogen-bond donors (Lipinski definition) is 1. The van der Waals surface area contributed by atoms with E-state index >= 15 is 0 Å². The molecule has 0 spiro atoms. The summed E-state index contributed by atoms with van der Waals surface area (Å²) in [7, 11) is 0.912. The number of fused-ring (bicyclic) bond motifs is 1. The summed E-state index contributed by atoms with van der Waals surface area (Å²) >= 11 is 6.02. The second-order valence-corrected chi connectivity index (χ2v) is 5.63. The summed E-state index contributed by atoms with van der Waals surface area (Å²) in [5, 5.41) is 9.73. The highest BCUT2D eigenvalue weighted by molar-refractivity contribution is 6.35. The Hall–Kier alpha value is -2.52. The number of aromatic nitrogens is 2. The number of alkyl halides is 3. The molecule has 0 fully saturated rings. The maximum atomic E-state index is 12.9. The Morgan fingerprint density at radius 3 is 2.52 bits per heavy atom. The van der Waals surface area contributed by atoms with Crippen LogP contribution in [0, 0.1) is 0 Å². The molecule has 0 radical (unpaired) electrons. The first-order chi connectivity index (χ1) is 11.6. The van der Waals surface area contributed by atoms with E-state index in [4.69, 9.17) is 16.0 Å². The molecule has 0 aliphatic rings. The maximum Gasteiger partial charge on any atom is 0.431 e. The minimum Gasteiger partial charge on any atom is -0.456 e. The van der Waals surface area contributed by atoms with Gasteiger partial charge in [-0.3, -0.25) is 9.36 Å². The van der Waals surface area contributed by atoms with Crippen molar-refractivity contribution in [2.24, 2.45) is 7.05 Å². The van der Waals surface area contributed by atoms with Crippen molar-refractivity contribution >= 4 is 22.6 Å². The van der Waals surface area contributed by atoms with Crippen molar-refractivity contribution in [3.8, 4) is 5.69 Å². The number of aliphatic hydroxyl groups is 1. The molecule has 0 aliphatic carbocycles. The van der Waals surface area contributed by atoms with E-state index in [0.29, 0.717) is 20.6 Å². The van der Waals surface area contributed by atoms with Crippen molar-refractivity contribution in [1.29, 1.82) is 0 Å². The fourth-order valence-electron chi connectivity index (χ4n) is 2.50. The van der Waals surface area contributed by atoms with Gasteiger partial charge in [-0.05, 0) is 18.2 Å². The number of furan rings is 1. The van der Waals surface area contributed by atoms with Crippen LogP contribution in [-0.4, -0.2) is 14.2 Å². The molecule has 0 unspecified atom stereocenters. The molecular weight excluding hydrogens is 365 g/mol. The van der Waals surface area contributed by atoms with E-state index in [9.17, 15) is 27.9 Å². The highest BCUT2D eigenvalue weighted by Crippen LogP contribution is 2.31. The minimum atomic E-state index is -4.85. The average molecular weight is 375 g/mol. The fraction of sp³-hybridized carbons (Fsp3) is 0.200. The lowest BCUT2D eigenvalue weighted by molar-refractivity contribution is -0.144. The van der Waals surface area contributed by atoms with E-state index in [2.05, 4.69) is 0 Å². The molecule has 2 aromatic heterocycles. The zero-order chi connectivity index (χ0) is 18.5. The average Bonchev–Trinajstić information content (AvgIpc) is 2.97. The Kier molecular flexibility index (Phi) is 4.00. The monoisotopic (exact) mass is 374 g/mol. The van der Waals surface area contributed by atoms with Gasteiger partial charge in [-0.15, -0.1) is 0 Å². The summed E-state index contributed by atoms with van der Waals surface area (Å²) in [6.07, 6.45) is -4.85. The first kappa shape index (κ1) is 17.3. The van der Waals surface area contributed by atoms with Crippen LogP contribution in [0.3, 0.4) is 0 Å². The van der Waals surface area contributed by atoms with Crippen LogP contribution >= 0.6 is 11.6 Å². The summed E-state index contributed by atoms with van der Waals surface area (Å²) in [6.45, 7) is -0.454. The van der Waals surface area contributed by atoms with Crippen LogP contribution in [0.5, 0.6) is 0 Å². The van der Waals surface area contributed by atoms with Gasteiger partial charge >= 0.3 is 11.9 Å². The van der Waals surface area contributed by atoms with Crippen molar-refractivity contribution in [1.82, 2.24) is 9.13 Å². The molecule has 10 heteroatoms. The van der Waals surface area contributed by atoms with Gasteiger partial charge in [-0.25, -0.2) is 9.36 Å². The van der Waals surface area contributed by atoms with Crippen molar-refractivity contribution in [3.05, 3.63) is 61.6 Å². The summed E-state index contributed by atoms with van der Waals surface area (Å²) in [4.78, 5) is 24.6. The third kappa shape index (κ3) is 2.75. The normalized spacial score (nSPS) is 12.1. The molecule has 1 aromatic carbocycles. The fourth-order valence-corrected chi connectivity index (χ4v) is 2.70. The van der Waals surface area contributed by atoms with Crippen LogP contribution in [0.2, 0.25) is 5.02 Å². The van der Waals surface area contributed by atoms with Crippen LogP contribution in [-0.2, 0) is 19.8 Å². The predicted molar refractivity (Wildman–Crippen MR) is 83.0 cm³/mol. The molecule has 0 aliphatic heterocycles. The minimum absolute atomic E-state index is 0.00973. The number of hydrogen-bond acceptors (Lipinski definition) is 4. The zero-order valence-electron chi connectivity index (χ0n) is 12.6. The lowest BCUT2D eigenvalue weighted by Crippen LogP contribution is -2.40. The highest BCUT2D eigenvalue weighted by Gasteiger charge is 2.35. The van der Waals surface area contributed by atoms with Crippen molar-refractivity contribution < 1.29 is 22.7 Å². The quantitative estimate of drug-likeness (QED) is 0.747. The number of halogens is 4. The first-order valence-electron chi connectivity index (χ1n) is 6.87. The Bertz CT molecular complexity index is 1100.